The van der Waals surface area contributed by atoms with E-state index in [2.05, 4.69) is 50.0 Å². The number of hydrogen-bond acceptors (Lipinski definition) is 1. The second-order valence-corrected chi connectivity index (χ2v) is 4.65. The van der Waals surface area contributed by atoms with E-state index in [4.69, 9.17) is 0 Å². The fourth-order valence-corrected chi connectivity index (χ4v) is 1.65. The Labute approximate surface area is 91.2 Å². The monoisotopic (exact) mass is 199 g/mol. The zero-order chi connectivity index (χ0) is 10.9. The van der Waals surface area contributed by atoms with E-state index >= 15 is 0 Å². The van der Waals surface area contributed by atoms with Crippen LogP contribution in [0.2, 0.25) is 0 Å². The molecule has 1 heterocycles. The van der Waals surface area contributed by atoms with Crippen molar-refractivity contribution in [3.8, 4) is 0 Å². The number of rotatable bonds is 2. The van der Waals surface area contributed by atoms with Gasteiger partial charge in [-0.1, -0.05) is 39.0 Å². The summed E-state index contributed by atoms with van der Waals surface area (Å²) in [5.74, 6) is 0. The second-order valence-electron chi connectivity index (χ2n) is 4.65. The van der Waals surface area contributed by atoms with Crippen LogP contribution in [0.5, 0.6) is 0 Å². The van der Waals surface area contributed by atoms with Crippen molar-refractivity contribution >= 4 is 10.9 Å². The molecule has 78 valence electrons. The topological polar surface area (TPSA) is 12.9 Å². The van der Waals surface area contributed by atoms with E-state index < -0.39 is 0 Å². The van der Waals surface area contributed by atoms with Crippen molar-refractivity contribution in [2.45, 2.75) is 32.6 Å². The maximum Gasteiger partial charge on any atom is 0.0702 e. The quantitative estimate of drug-likeness (QED) is 0.714. The number of hydrogen-bond donors (Lipinski definition) is 0. The molecule has 1 heteroatoms. The van der Waals surface area contributed by atoms with Gasteiger partial charge in [0.25, 0.3) is 0 Å². The number of aromatic nitrogens is 1. The highest BCUT2D eigenvalue weighted by molar-refractivity contribution is 5.78. The standard InChI is InChI=1S/C14H17N/c1-4-14(2,3)12-9-11-7-5-6-8-13(11)15-10-12/h5-10H,4H2,1-3H3. The molecule has 1 aromatic heterocycles. The summed E-state index contributed by atoms with van der Waals surface area (Å²) in [6, 6.07) is 10.5. The predicted octanol–water partition coefficient (Wildman–Crippen LogP) is 3.92. The van der Waals surface area contributed by atoms with Crippen molar-refractivity contribution < 1.29 is 0 Å². The van der Waals surface area contributed by atoms with Crippen LogP contribution in [0.25, 0.3) is 10.9 Å². The van der Waals surface area contributed by atoms with Crippen LogP contribution in [0.4, 0.5) is 0 Å². The number of fused-ring (bicyclic) bond motifs is 1. The summed E-state index contributed by atoms with van der Waals surface area (Å²) < 4.78 is 0. The van der Waals surface area contributed by atoms with E-state index in [0.717, 1.165) is 11.9 Å². The summed E-state index contributed by atoms with van der Waals surface area (Å²) in [6.45, 7) is 6.74. The molecular formula is C14H17N. The Balaban J connectivity index is 2.56. The van der Waals surface area contributed by atoms with Gasteiger partial charge in [-0.15, -0.1) is 0 Å². The van der Waals surface area contributed by atoms with Crippen LogP contribution in [0.15, 0.2) is 36.5 Å². The van der Waals surface area contributed by atoms with Crippen LogP contribution < -0.4 is 0 Å². The number of benzene rings is 1. The fraction of sp³-hybridized carbons (Fsp3) is 0.357. The summed E-state index contributed by atoms with van der Waals surface area (Å²) in [4.78, 5) is 4.50. The molecule has 0 N–H and O–H groups in total. The zero-order valence-corrected chi connectivity index (χ0v) is 9.62. The lowest BCUT2D eigenvalue weighted by atomic mass is 9.83. The Hall–Kier alpha value is -1.37. The molecule has 0 saturated carbocycles. The average Bonchev–Trinajstić information content (AvgIpc) is 2.28. The Morgan fingerprint density at radius 3 is 2.67 bits per heavy atom. The predicted molar refractivity (Wildman–Crippen MR) is 65.1 cm³/mol. The molecule has 2 aromatic rings. The van der Waals surface area contributed by atoms with Crippen LogP contribution in [-0.2, 0) is 5.41 Å². The molecule has 0 radical (unpaired) electrons. The minimum atomic E-state index is 0.219. The second kappa shape index (κ2) is 3.65. The van der Waals surface area contributed by atoms with E-state index in [1.54, 1.807) is 0 Å². The summed E-state index contributed by atoms with van der Waals surface area (Å²) >= 11 is 0. The molecule has 0 fully saturated rings. The van der Waals surface area contributed by atoms with E-state index in [9.17, 15) is 0 Å². The minimum Gasteiger partial charge on any atom is -0.256 e. The van der Waals surface area contributed by atoms with Gasteiger partial charge in [0.05, 0.1) is 5.52 Å². The molecule has 0 saturated heterocycles. The van der Waals surface area contributed by atoms with Gasteiger partial charge in [0.15, 0.2) is 0 Å². The van der Waals surface area contributed by atoms with Gasteiger partial charge in [-0.2, -0.15) is 0 Å². The van der Waals surface area contributed by atoms with Gasteiger partial charge >= 0.3 is 0 Å². The zero-order valence-electron chi connectivity index (χ0n) is 9.62. The maximum absolute atomic E-state index is 4.50. The van der Waals surface area contributed by atoms with Gasteiger partial charge in [-0.05, 0) is 29.5 Å². The Morgan fingerprint density at radius 2 is 1.93 bits per heavy atom. The first-order valence-electron chi connectivity index (χ1n) is 5.49. The molecule has 0 bridgehead atoms. The van der Waals surface area contributed by atoms with E-state index in [1.165, 1.54) is 10.9 Å². The van der Waals surface area contributed by atoms with Crippen LogP contribution in [0.1, 0.15) is 32.8 Å². The van der Waals surface area contributed by atoms with Crippen molar-refractivity contribution in [2.24, 2.45) is 0 Å². The summed E-state index contributed by atoms with van der Waals surface area (Å²) in [5, 5.41) is 1.23. The summed E-state index contributed by atoms with van der Waals surface area (Å²) in [6.07, 6.45) is 3.14. The highest BCUT2D eigenvalue weighted by atomic mass is 14.7. The molecule has 15 heavy (non-hydrogen) atoms. The molecule has 0 amide bonds. The molecule has 0 unspecified atom stereocenters. The van der Waals surface area contributed by atoms with Crippen molar-refractivity contribution in [3.05, 3.63) is 42.1 Å². The molecule has 0 aliphatic rings. The van der Waals surface area contributed by atoms with Crippen molar-refractivity contribution in [3.63, 3.8) is 0 Å². The molecule has 2 rings (SSSR count). The van der Waals surface area contributed by atoms with Crippen LogP contribution in [0, 0.1) is 0 Å². The van der Waals surface area contributed by atoms with Crippen LogP contribution in [-0.4, -0.2) is 4.98 Å². The summed E-state index contributed by atoms with van der Waals surface area (Å²) in [5.41, 5.74) is 2.62. The van der Waals surface area contributed by atoms with Gasteiger partial charge < -0.3 is 0 Å². The third-order valence-electron chi connectivity index (χ3n) is 3.26. The number of nitrogens with zero attached hydrogens (tertiary/aromatic N) is 1. The van der Waals surface area contributed by atoms with Crippen molar-refractivity contribution in [1.82, 2.24) is 4.98 Å². The first kappa shape index (κ1) is 10.2. The van der Waals surface area contributed by atoms with Crippen molar-refractivity contribution in [1.29, 1.82) is 0 Å². The summed E-state index contributed by atoms with van der Waals surface area (Å²) in [7, 11) is 0. The molecule has 0 atom stereocenters. The molecule has 0 spiro atoms. The lowest BCUT2D eigenvalue weighted by Gasteiger charge is -2.23. The largest absolute Gasteiger partial charge is 0.256 e. The van der Waals surface area contributed by atoms with E-state index in [0.29, 0.717) is 0 Å². The third kappa shape index (κ3) is 1.87. The highest BCUT2D eigenvalue weighted by Crippen LogP contribution is 2.27. The van der Waals surface area contributed by atoms with E-state index in [-0.39, 0.29) is 5.41 Å². The number of pyridine rings is 1. The van der Waals surface area contributed by atoms with Gasteiger partial charge in [0.2, 0.25) is 0 Å². The van der Waals surface area contributed by atoms with Gasteiger partial charge in [0, 0.05) is 11.6 Å². The van der Waals surface area contributed by atoms with Gasteiger partial charge in [-0.3, -0.25) is 4.98 Å². The van der Waals surface area contributed by atoms with Crippen LogP contribution in [0.3, 0.4) is 0 Å². The smallest absolute Gasteiger partial charge is 0.0702 e. The SMILES string of the molecule is CCC(C)(C)c1cnc2ccccc2c1. The lowest BCUT2D eigenvalue weighted by Crippen LogP contribution is -2.15. The van der Waals surface area contributed by atoms with Crippen molar-refractivity contribution in [2.75, 3.05) is 0 Å². The Kier molecular flexibility index (Phi) is 2.47. The Morgan fingerprint density at radius 1 is 1.20 bits per heavy atom. The average molecular weight is 199 g/mol. The molecule has 1 nitrogen and oxygen atoms in total. The lowest BCUT2D eigenvalue weighted by molar-refractivity contribution is 0.505. The maximum atomic E-state index is 4.50. The third-order valence-corrected chi connectivity index (χ3v) is 3.26. The fourth-order valence-electron chi connectivity index (χ4n) is 1.65. The first-order valence-corrected chi connectivity index (χ1v) is 5.49. The molecule has 0 aliphatic heterocycles. The molecular weight excluding hydrogens is 182 g/mol. The van der Waals surface area contributed by atoms with Crippen LogP contribution >= 0.6 is 0 Å². The van der Waals surface area contributed by atoms with Gasteiger partial charge in [0.1, 0.15) is 0 Å². The minimum absolute atomic E-state index is 0.219. The van der Waals surface area contributed by atoms with E-state index in [1.807, 2.05) is 12.3 Å². The number of para-hydroxylation sites is 1. The molecule has 1 aromatic carbocycles. The first-order chi connectivity index (χ1) is 7.13. The Bertz CT molecular complexity index is 471. The molecule has 0 aliphatic carbocycles. The van der Waals surface area contributed by atoms with Gasteiger partial charge in [-0.25, -0.2) is 0 Å². The highest BCUT2D eigenvalue weighted by Gasteiger charge is 2.18. The normalized spacial score (nSPS) is 11.9.